The Kier molecular flexibility index (Phi) is 3.59. The fraction of sp³-hybridized carbons (Fsp3) is 0.500. The van der Waals surface area contributed by atoms with E-state index < -0.39 is 6.43 Å². The summed E-state index contributed by atoms with van der Waals surface area (Å²) in [4.78, 5) is 2.32. The molecule has 1 fully saturated rings. The van der Waals surface area contributed by atoms with E-state index in [0.717, 1.165) is 18.8 Å². The Morgan fingerprint density at radius 3 is 2.31 bits per heavy atom. The SMILES string of the molecule is FC(F)CNc1ccc(N2CCCC2)cc1. The molecule has 2 nitrogen and oxygen atoms in total. The van der Waals surface area contributed by atoms with Gasteiger partial charge in [-0.1, -0.05) is 0 Å². The number of hydrogen-bond acceptors (Lipinski definition) is 2. The van der Waals surface area contributed by atoms with Gasteiger partial charge in [0.15, 0.2) is 0 Å². The van der Waals surface area contributed by atoms with E-state index in [4.69, 9.17) is 0 Å². The standard InChI is InChI=1S/C12H16F2N2/c13-12(14)9-15-10-3-5-11(6-4-10)16-7-1-2-8-16/h3-6,12,15H,1-2,7-9H2. The molecule has 0 aromatic heterocycles. The van der Waals surface area contributed by atoms with E-state index in [9.17, 15) is 8.78 Å². The molecule has 16 heavy (non-hydrogen) atoms. The summed E-state index contributed by atoms with van der Waals surface area (Å²) in [7, 11) is 0. The number of rotatable bonds is 4. The molecule has 0 aliphatic carbocycles. The van der Waals surface area contributed by atoms with Crippen molar-refractivity contribution < 1.29 is 8.78 Å². The number of alkyl halides is 2. The van der Waals surface area contributed by atoms with Gasteiger partial charge < -0.3 is 10.2 Å². The van der Waals surface area contributed by atoms with E-state index in [1.165, 1.54) is 18.5 Å². The summed E-state index contributed by atoms with van der Waals surface area (Å²) in [6.45, 7) is 1.91. The van der Waals surface area contributed by atoms with Gasteiger partial charge in [-0.25, -0.2) is 8.78 Å². The van der Waals surface area contributed by atoms with Gasteiger partial charge in [0, 0.05) is 24.5 Å². The predicted molar refractivity (Wildman–Crippen MR) is 62.4 cm³/mol. The summed E-state index contributed by atoms with van der Waals surface area (Å²) in [6, 6.07) is 7.68. The largest absolute Gasteiger partial charge is 0.379 e. The highest BCUT2D eigenvalue weighted by Gasteiger charge is 2.11. The van der Waals surface area contributed by atoms with Crippen molar-refractivity contribution in [3.8, 4) is 0 Å². The number of anilines is 2. The number of nitrogens with zero attached hydrogens (tertiary/aromatic N) is 1. The molecule has 2 rings (SSSR count). The molecular formula is C12H16F2N2. The minimum Gasteiger partial charge on any atom is -0.379 e. The molecule has 1 aliphatic heterocycles. The van der Waals surface area contributed by atoms with Gasteiger partial charge in [0.1, 0.15) is 0 Å². The first-order chi connectivity index (χ1) is 7.75. The van der Waals surface area contributed by atoms with Crippen molar-refractivity contribution in [2.75, 3.05) is 29.9 Å². The van der Waals surface area contributed by atoms with E-state index in [-0.39, 0.29) is 6.54 Å². The molecule has 0 bridgehead atoms. The Hall–Kier alpha value is -1.32. The summed E-state index contributed by atoms with van der Waals surface area (Å²) < 4.78 is 23.9. The third-order valence-corrected chi connectivity index (χ3v) is 2.80. The van der Waals surface area contributed by atoms with Crippen LogP contribution < -0.4 is 10.2 Å². The fourth-order valence-corrected chi connectivity index (χ4v) is 1.96. The summed E-state index contributed by atoms with van der Waals surface area (Å²) in [5.74, 6) is 0. The minimum absolute atomic E-state index is 0.289. The van der Waals surface area contributed by atoms with Crippen LogP contribution in [0.1, 0.15) is 12.8 Å². The lowest BCUT2D eigenvalue weighted by molar-refractivity contribution is 0.163. The van der Waals surface area contributed by atoms with E-state index in [1.54, 1.807) is 0 Å². The molecule has 0 spiro atoms. The van der Waals surface area contributed by atoms with Crippen molar-refractivity contribution in [3.05, 3.63) is 24.3 Å². The molecule has 0 radical (unpaired) electrons. The van der Waals surface area contributed by atoms with Crippen LogP contribution in [0, 0.1) is 0 Å². The van der Waals surface area contributed by atoms with Gasteiger partial charge >= 0.3 is 0 Å². The van der Waals surface area contributed by atoms with E-state index in [0.29, 0.717) is 0 Å². The van der Waals surface area contributed by atoms with Gasteiger partial charge in [0.05, 0.1) is 6.54 Å². The molecule has 0 atom stereocenters. The number of nitrogens with one attached hydrogen (secondary N) is 1. The lowest BCUT2D eigenvalue weighted by Crippen LogP contribution is -2.17. The second-order valence-electron chi connectivity index (χ2n) is 4.01. The third kappa shape index (κ3) is 2.84. The van der Waals surface area contributed by atoms with Crippen molar-refractivity contribution in [1.82, 2.24) is 0 Å². The van der Waals surface area contributed by atoms with Crippen LogP contribution in [0.5, 0.6) is 0 Å². The molecule has 1 N–H and O–H groups in total. The monoisotopic (exact) mass is 226 g/mol. The molecule has 0 saturated carbocycles. The molecule has 1 aliphatic rings. The van der Waals surface area contributed by atoms with Gasteiger partial charge in [-0.2, -0.15) is 0 Å². The average Bonchev–Trinajstić information content (AvgIpc) is 2.80. The van der Waals surface area contributed by atoms with E-state index in [1.807, 2.05) is 24.3 Å². The Morgan fingerprint density at radius 1 is 1.12 bits per heavy atom. The zero-order valence-corrected chi connectivity index (χ0v) is 9.13. The first-order valence-electron chi connectivity index (χ1n) is 5.63. The normalized spacial score (nSPS) is 15.8. The molecule has 1 saturated heterocycles. The van der Waals surface area contributed by atoms with Crippen LogP contribution in [0.25, 0.3) is 0 Å². The maximum Gasteiger partial charge on any atom is 0.255 e. The zero-order valence-electron chi connectivity index (χ0n) is 9.13. The number of hydrogen-bond donors (Lipinski definition) is 1. The van der Waals surface area contributed by atoms with Gasteiger partial charge in [-0.05, 0) is 37.1 Å². The fourth-order valence-electron chi connectivity index (χ4n) is 1.96. The second-order valence-corrected chi connectivity index (χ2v) is 4.01. The van der Waals surface area contributed by atoms with Gasteiger partial charge in [0.25, 0.3) is 6.43 Å². The van der Waals surface area contributed by atoms with E-state index >= 15 is 0 Å². The van der Waals surface area contributed by atoms with Crippen LogP contribution in [0.15, 0.2) is 24.3 Å². The summed E-state index contributed by atoms with van der Waals surface area (Å²) >= 11 is 0. The molecular weight excluding hydrogens is 210 g/mol. The summed E-state index contributed by atoms with van der Waals surface area (Å²) in [5.41, 5.74) is 1.93. The van der Waals surface area contributed by atoms with Crippen LogP contribution in [-0.2, 0) is 0 Å². The van der Waals surface area contributed by atoms with Gasteiger partial charge in [-0.15, -0.1) is 0 Å². The van der Waals surface area contributed by atoms with Gasteiger partial charge in [0.2, 0.25) is 0 Å². The third-order valence-electron chi connectivity index (χ3n) is 2.80. The quantitative estimate of drug-likeness (QED) is 0.849. The topological polar surface area (TPSA) is 15.3 Å². The minimum atomic E-state index is -2.31. The van der Waals surface area contributed by atoms with Crippen LogP contribution in [-0.4, -0.2) is 26.1 Å². The Balaban J connectivity index is 1.93. The van der Waals surface area contributed by atoms with Crippen molar-refractivity contribution >= 4 is 11.4 Å². The van der Waals surface area contributed by atoms with Crippen LogP contribution in [0.2, 0.25) is 0 Å². The predicted octanol–water partition coefficient (Wildman–Crippen LogP) is 2.96. The molecule has 88 valence electrons. The number of benzene rings is 1. The maximum absolute atomic E-state index is 12.0. The maximum atomic E-state index is 12.0. The molecule has 0 unspecified atom stereocenters. The molecule has 1 aromatic carbocycles. The van der Waals surface area contributed by atoms with Crippen molar-refractivity contribution in [1.29, 1.82) is 0 Å². The first-order valence-corrected chi connectivity index (χ1v) is 5.63. The lowest BCUT2D eigenvalue weighted by Gasteiger charge is -2.17. The molecule has 4 heteroatoms. The first kappa shape index (κ1) is 11.2. The van der Waals surface area contributed by atoms with Crippen molar-refractivity contribution in [3.63, 3.8) is 0 Å². The van der Waals surface area contributed by atoms with Crippen LogP contribution in [0.4, 0.5) is 20.2 Å². The average molecular weight is 226 g/mol. The Bertz CT molecular complexity index is 318. The highest BCUT2D eigenvalue weighted by molar-refractivity contribution is 5.55. The molecule has 0 amide bonds. The second kappa shape index (κ2) is 5.14. The summed E-state index contributed by atoms with van der Waals surface area (Å²) in [5, 5.41) is 2.69. The zero-order chi connectivity index (χ0) is 11.4. The van der Waals surface area contributed by atoms with Crippen molar-refractivity contribution in [2.24, 2.45) is 0 Å². The number of halogens is 2. The van der Waals surface area contributed by atoms with Gasteiger partial charge in [-0.3, -0.25) is 0 Å². The highest BCUT2D eigenvalue weighted by Crippen LogP contribution is 2.21. The molecule has 1 heterocycles. The highest BCUT2D eigenvalue weighted by atomic mass is 19.3. The van der Waals surface area contributed by atoms with E-state index in [2.05, 4.69) is 10.2 Å². The summed E-state index contributed by atoms with van der Waals surface area (Å²) in [6.07, 6.45) is 0.176. The Labute approximate surface area is 94.3 Å². The van der Waals surface area contributed by atoms with Crippen LogP contribution in [0.3, 0.4) is 0 Å². The smallest absolute Gasteiger partial charge is 0.255 e. The molecule has 1 aromatic rings. The lowest BCUT2D eigenvalue weighted by atomic mass is 10.2. The van der Waals surface area contributed by atoms with Crippen LogP contribution >= 0.6 is 0 Å². The van der Waals surface area contributed by atoms with Crippen molar-refractivity contribution in [2.45, 2.75) is 19.3 Å². The Morgan fingerprint density at radius 2 is 1.75 bits per heavy atom.